The Labute approximate surface area is 130 Å². The van der Waals surface area contributed by atoms with E-state index in [0.29, 0.717) is 18.4 Å². The SMILES string of the molecule is O=C(NC1CCN(CCOc2cccc(F)c2)CC1)C1CC1. The van der Waals surface area contributed by atoms with Gasteiger partial charge < -0.3 is 10.1 Å². The zero-order valence-corrected chi connectivity index (χ0v) is 12.8. The summed E-state index contributed by atoms with van der Waals surface area (Å²) in [5, 5.41) is 3.15. The molecule has 4 nitrogen and oxygen atoms in total. The lowest BCUT2D eigenvalue weighted by Gasteiger charge is -2.32. The summed E-state index contributed by atoms with van der Waals surface area (Å²) in [7, 11) is 0. The molecular weight excluding hydrogens is 283 g/mol. The third kappa shape index (κ3) is 4.44. The van der Waals surface area contributed by atoms with Gasteiger partial charge in [-0.1, -0.05) is 6.07 Å². The summed E-state index contributed by atoms with van der Waals surface area (Å²) in [6, 6.07) is 6.56. The van der Waals surface area contributed by atoms with Gasteiger partial charge in [0.15, 0.2) is 0 Å². The van der Waals surface area contributed by atoms with Crippen molar-refractivity contribution in [1.82, 2.24) is 10.2 Å². The molecule has 1 N–H and O–H groups in total. The highest BCUT2D eigenvalue weighted by atomic mass is 19.1. The molecular formula is C17H23FN2O2. The van der Waals surface area contributed by atoms with E-state index in [-0.39, 0.29) is 17.6 Å². The van der Waals surface area contributed by atoms with Crippen molar-refractivity contribution in [2.75, 3.05) is 26.2 Å². The third-order valence-electron chi connectivity index (χ3n) is 4.35. The van der Waals surface area contributed by atoms with E-state index in [1.54, 1.807) is 12.1 Å². The first-order chi connectivity index (χ1) is 10.7. The van der Waals surface area contributed by atoms with Gasteiger partial charge in [-0.3, -0.25) is 9.69 Å². The Balaban J connectivity index is 1.32. The van der Waals surface area contributed by atoms with Crippen LogP contribution < -0.4 is 10.1 Å². The van der Waals surface area contributed by atoms with E-state index in [1.807, 2.05) is 0 Å². The van der Waals surface area contributed by atoms with Crippen LogP contribution in [-0.4, -0.2) is 43.1 Å². The molecule has 0 aromatic heterocycles. The van der Waals surface area contributed by atoms with Crippen LogP contribution in [0, 0.1) is 11.7 Å². The summed E-state index contributed by atoms with van der Waals surface area (Å²) < 4.78 is 18.6. The minimum atomic E-state index is -0.273. The fourth-order valence-corrected chi connectivity index (χ4v) is 2.81. The van der Waals surface area contributed by atoms with Crippen LogP contribution in [0.2, 0.25) is 0 Å². The second kappa shape index (κ2) is 7.09. The predicted molar refractivity (Wildman–Crippen MR) is 82.2 cm³/mol. The molecule has 1 aliphatic heterocycles. The molecule has 1 aromatic rings. The van der Waals surface area contributed by atoms with Crippen molar-refractivity contribution in [2.45, 2.75) is 31.7 Å². The third-order valence-corrected chi connectivity index (χ3v) is 4.35. The van der Waals surface area contributed by atoms with Crippen molar-refractivity contribution < 1.29 is 13.9 Å². The Bertz CT molecular complexity index is 511. The molecule has 120 valence electrons. The smallest absolute Gasteiger partial charge is 0.223 e. The van der Waals surface area contributed by atoms with Crippen LogP contribution in [0.3, 0.4) is 0 Å². The molecule has 0 bridgehead atoms. The molecule has 2 fully saturated rings. The van der Waals surface area contributed by atoms with Gasteiger partial charge in [-0.2, -0.15) is 0 Å². The van der Waals surface area contributed by atoms with Crippen LogP contribution >= 0.6 is 0 Å². The largest absolute Gasteiger partial charge is 0.492 e. The van der Waals surface area contributed by atoms with Crippen molar-refractivity contribution >= 4 is 5.91 Å². The van der Waals surface area contributed by atoms with Gasteiger partial charge in [0.2, 0.25) is 5.91 Å². The molecule has 1 saturated carbocycles. The van der Waals surface area contributed by atoms with Crippen molar-refractivity contribution in [3.05, 3.63) is 30.1 Å². The van der Waals surface area contributed by atoms with Crippen molar-refractivity contribution in [3.63, 3.8) is 0 Å². The second-order valence-electron chi connectivity index (χ2n) is 6.20. The molecule has 22 heavy (non-hydrogen) atoms. The van der Waals surface area contributed by atoms with E-state index in [9.17, 15) is 9.18 Å². The van der Waals surface area contributed by atoms with E-state index in [0.717, 1.165) is 45.3 Å². The first kappa shape index (κ1) is 15.3. The maximum atomic E-state index is 13.0. The Kier molecular flexibility index (Phi) is 4.93. The molecule has 1 saturated heterocycles. The molecule has 3 rings (SSSR count). The minimum Gasteiger partial charge on any atom is -0.492 e. The molecule has 0 atom stereocenters. The summed E-state index contributed by atoms with van der Waals surface area (Å²) >= 11 is 0. The number of halogens is 1. The Hall–Kier alpha value is -1.62. The highest BCUT2D eigenvalue weighted by Gasteiger charge is 2.31. The monoisotopic (exact) mass is 306 g/mol. The van der Waals surface area contributed by atoms with E-state index >= 15 is 0 Å². The fourth-order valence-electron chi connectivity index (χ4n) is 2.81. The minimum absolute atomic E-state index is 0.243. The van der Waals surface area contributed by atoms with Gasteiger partial charge >= 0.3 is 0 Å². The topological polar surface area (TPSA) is 41.6 Å². The molecule has 1 aromatic carbocycles. The van der Waals surface area contributed by atoms with Gasteiger partial charge in [0.1, 0.15) is 18.2 Å². The molecule has 1 aliphatic carbocycles. The van der Waals surface area contributed by atoms with Crippen LogP contribution in [0.4, 0.5) is 4.39 Å². The lowest BCUT2D eigenvalue weighted by molar-refractivity contribution is -0.123. The van der Waals surface area contributed by atoms with Gasteiger partial charge in [0.25, 0.3) is 0 Å². The average Bonchev–Trinajstić information content (AvgIpc) is 3.34. The lowest BCUT2D eigenvalue weighted by Crippen LogP contribution is -2.45. The summed E-state index contributed by atoms with van der Waals surface area (Å²) in [6.45, 7) is 3.34. The Morgan fingerprint density at radius 2 is 2.05 bits per heavy atom. The van der Waals surface area contributed by atoms with Crippen molar-refractivity contribution in [1.29, 1.82) is 0 Å². The maximum absolute atomic E-state index is 13.0. The summed E-state index contributed by atoms with van der Waals surface area (Å²) in [5.41, 5.74) is 0. The van der Waals surface area contributed by atoms with Crippen molar-refractivity contribution in [2.24, 2.45) is 5.92 Å². The Morgan fingerprint density at radius 3 is 2.73 bits per heavy atom. The number of carbonyl (C=O) groups excluding carboxylic acids is 1. The van der Waals surface area contributed by atoms with Crippen LogP contribution in [0.25, 0.3) is 0 Å². The van der Waals surface area contributed by atoms with Gasteiger partial charge in [-0.05, 0) is 37.8 Å². The number of rotatable bonds is 6. The highest BCUT2D eigenvalue weighted by Crippen LogP contribution is 2.29. The zero-order chi connectivity index (χ0) is 15.4. The van der Waals surface area contributed by atoms with Crippen LogP contribution in [-0.2, 0) is 4.79 Å². The highest BCUT2D eigenvalue weighted by molar-refractivity contribution is 5.81. The van der Waals surface area contributed by atoms with E-state index < -0.39 is 0 Å². The van der Waals surface area contributed by atoms with E-state index in [4.69, 9.17) is 4.74 Å². The summed E-state index contributed by atoms with van der Waals surface area (Å²) in [4.78, 5) is 14.1. The second-order valence-corrected chi connectivity index (χ2v) is 6.20. The van der Waals surface area contributed by atoms with Crippen LogP contribution in [0.5, 0.6) is 5.75 Å². The number of hydrogen-bond acceptors (Lipinski definition) is 3. The van der Waals surface area contributed by atoms with E-state index in [1.165, 1.54) is 12.1 Å². The van der Waals surface area contributed by atoms with E-state index in [2.05, 4.69) is 10.2 Å². The van der Waals surface area contributed by atoms with Crippen LogP contribution in [0.15, 0.2) is 24.3 Å². The first-order valence-corrected chi connectivity index (χ1v) is 8.12. The lowest BCUT2D eigenvalue weighted by atomic mass is 10.0. The number of ether oxygens (including phenoxy) is 1. The van der Waals surface area contributed by atoms with Gasteiger partial charge in [0.05, 0.1) is 0 Å². The zero-order valence-electron chi connectivity index (χ0n) is 12.8. The predicted octanol–water partition coefficient (Wildman–Crippen LogP) is 2.20. The van der Waals surface area contributed by atoms with Gasteiger partial charge in [-0.15, -0.1) is 0 Å². The standard InChI is InChI=1S/C17H23FN2O2/c18-14-2-1-3-16(12-14)22-11-10-20-8-6-15(7-9-20)19-17(21)13-4-5-13/h1-3,12-13,15H,4-11H2,(H,19,21). The number of hydrogen-bond donors (Lipinski definition) is 1. The molecule has 1 heterocycles. The van der Waals surface area contributed by atoms with Gasteiger partial charge in [0, 0.05) is 37.7 Å². The molecule has 1 amide bonds. The number of nitrogens with zero attached hydrogens (tertiary/aromatic N) is 1. The molecule has 5 heteroatoms. The maximum Gasteiger partial charge on any atom is 0.223 e. The molecule has 0 unspecified atom stereocenters. The number of likely N-dealkylation sites (tertiary alicyclic amines) is 1. The first-order valence-electron chi connectivity index (χ1n) is 8.12. The van der Waals surface area contributed by atoms with Gasteiger partial charge in [-0.25, -0.2) is 4.39 Å². The number of carbonyl (C=O) groups is 1. The summed E-state index contributed by atoms with van der Waals surface area (Å²) in [6.07, 6.45) is 4.11. The van der Waals surface area contributed by atoms with Crippen LogP contribution in [0.1, 0.15) is 25.7 Å². The number of amides is 1. The summed E-state index contributed by atoms with van der Waals surface area (Å²) in [5.74, 6) is 0.835. The van der Waals surface area contributed by atoms with Crippen molar-refractivity contribution in [3.8, 4) is 5.75 Å². The number of piperidine rings is 1. The Morgan fingerprint density at radius 1 is 1.27 bits per heavy atom. The fraction of sp³-hybridized carbons (Fsp3) is 0.588. The quantitative estimate of drug-likeness (QED) is 0.876. The normalized spacial score (nSPS) is 19.9. The number of benzene rings is 1. The average molecular weight is 306 g/mol. The molecule has 0 radical (unpaired) electrons. The number of nitrogens with one attached hydrogen (secondary N) is 1. The molecule has 2 aliphatic rings. The molecule has 0 spiro atoms.